The molecule has 0 amide bonds. The quantitative estimate of drug-likeness (QED) is 0.839. The number of aromatic nitrogens is 2. The van der Waals surface area contributed by atoms with Gasteiger partial charge in [0.25, 0.3) is 0 Å². The van der Waals surface area contributed by atoms with Gasteiger partial charge in [0, 0.05) is 25.7 Å². The van der Waals surface area contributed by atoms with Gasteiger partial charge in [0.1, 0.15) is 24.1 Å². The molecule has 0 radical (unpaired) electrons. The van der Waals surface area contributed by atoms with Crippen LogP contribution in [-0.2, 0) is 10.9 Å². The molecule has 29 heavy (non-hydrogen) atoms. The lowest BCUT2D eigenvalue weighted by molar-refractivity contribution is -0.137. The van der Waals surface area contributed by atoms with Crippen molar-refractivity contribution in [3.63, 3.8) is 0 Å². The van der Waals surface area contributed by atoms with Gasteiger partial charge >= 0.3 is 6.18 Å². The van der Waals surface area contributed by atoms with E-state index in [-0.39, 0.29) is 18.8 Å². The van der Waals surface area contributed by atoms with Crippen LogP contribution in [0.15, 0.2) is 36.7 Å². The Morgan fingerprint density at radius 1 is 1.10 bits per heavy atom. The van der Waals surface area contributed by atoms with Crippen molar-refractivity contribution in [1.82, 2.24) is 9.97 Å². The molecule has 2 fully saturated rings. The molecule has 2 aromatic rings. The number of aliphatic hydroxyl groups excluding tert-OH is 1. The van der Waals surface area contributed by atoms with E-state index in [0.717, 1.165) is 43.2 Å². The molecule has 2 aliphatic heterocycles. The summed E-state index contributed by atoms with van der Waals surface area (Å²) >= 11 is 0. The van der Waals surface area contributed by atoms with Gasteiger partial charge in [0.15, 0.2) is 0 Å². The van der Waals surface area contributed by atoms with Gasteiger partial charge in [-0.25, -0.2) is 9.97 Å². The fraction of sp³-hybridized carbons (Fsp3) is 0.500. The molecule has 0 bridgehead atoms. The number of aliphatic hydroxyl groups is 1. The zero-order valence-electron chi connectivity index (χ0n) is 15.8. The van der Waals surface area contributed by atoms with Gasteiger partial charge in [0.05, 0.1) is 24.8 Å². The summed E-state index contributed by atoms with van der Waals surface area (Å²) in [5.41, 5.74) is 0.0373. The third kappa shape index (κ3) is 4.30. The van der Waals surface area contributed by atoms with Crippen molar-refractivity contribution in [2.75, 3.05) is 42.6 Å². The normalized spacial score (nSPS) is 22.9. The summed E-state index contributed by atoms with van der Waals surface area (Å²) in [5.74, 6) is 1.53. The molecule has 4 rings (SSSR count). The number of hydrogen-bond donors (Lipinski definition) is 1. The second-order valence-corrected chi connectivity index (χ2v) is 7.33. The van der Waals surface area contributed by atoms with Crippen LogP contribution >= 0.6 is 0 Å². The summed E-state index contributed by atoms with van der Waals surface area (Å²) < 4.78 is 44.2. The Morgan fingerprint density at radius 2 is 1.86 bits per heavy atom. The first-order valence-electron chi connectivity index (χ1n) is 9.69. The van der Waals surface area contributed by atoms with Gasteiger partial charge in [-0.3, -0.25) is 0 Å². The third-order valence-corrected chi connectivity index (χ3v) is 5.52. The minimum absolute atomic E-state index is 0.0716. The summed E-state index contributed by atoms with van der Waals surface area (Å²) in [7, 11) is 0. The van der Waals surface area contributed by atoms with Crippen LogP contribution in [0, 0.1) is 0 Å². The number of benzene rings is 1. The Labute approximate surface area is 166 Å². The molecule has 0 spiro atoms. The highest BCUT2D eigenvalue weighted by Gasteiger charge is 2.31. The fourth-order valence-electron chi connectivity index (χ4n) is 3.94. The zero-order valence-corrected chi connectivity index (χ0v) is 15.8. The Balaban J connectivity index is 1.49. The van der Waals surface area contributed by atoms with E-state index in [2.05, 4.69) is 19.8 Å². The lowest BCUT2D eigenvalue weighted by atomic mass is 10.1. The highest BCUT2D eigenvalue weighted by Crippen LogP contribution is 2.32. The molecule has 1 N–H and O–H groups in total. The molecule has 1 aromatic heterocycles. The lowest BCUT2D eigenvalue weighted by Gasteiger charge is -2.34. The average molecular weight is 408 g/mol. The van der Waals surface area contributed by atoms with Crippen molar-refractivity contribution in [3.05, 3.63) is 47.8 Å². The lowest BCUT2D eigenvalue weighted by Crippen LogP contribution is -2.39. The van der Waals surface area contributed by atoms with Crippen molar-refractivity contribution >= 4 is 11.6 Å². The van der Waals surface area contributed by atoms with E-state index in [4.69, 9.17) is 4.74 Å². The van der Waals surface area contributed by atoms with E-state index in [9.17, 15) is 18.3 Å². The molecule has 3 heterocycles. The zero-order chi connectivity index (χ0) is 20.4. The van der Waals surface area contributed by atoms with E-state index >= 15 is 0 Å². The predicted molar refractivity (Wildman–Crippen MR) is 102 cm³/mol. The smallest absolute Gasteiger partial charge is 0.394 e. The summed E-state index contributed by atoms with van der Waals surface area (Å²) in [4.78, 5) is 12.9. The number of nitrogens with zero attached hydrogens (tertiary/aromatic N) is 4. The molecule has 1 aromatic carbocycles. The van der Waals surface area contributed by atoms with Gasteiger partial charge in [-0.05, 0) is 30.5 Å². The van der Waals surface area contributed by atoms with Crippen molar-refractivity contribution in [3.8, 4) is 0 Å². The minimum Gasteiger partial charge on any atom is -0.394 e. The van der Waals surface area contributed by atoms with E-state index in [1.807, 2.05) is 6.07 Å². The van der Waals surface area contributed by atoms with E-state index in [1.54, 1.807) is 0 Å². The Kier molecular flexibility index (Phi) is 5.60. The van der Waals surface area contributed by atoms with E-state index in [0.29, 0.717) is 25.3 Å². The molecular formula is C20H23F3N4O2. The second-order valence-electron chi connectivity index (χ2n) is 7.33. The summed E-state index contributed by atoms with van der Waals surface area (Å²) in [5, 5.41) is 9.56. The number of anilines is 2. The first-order chi connectivity index (χ1) is 14.0. The fourth-order valence-corrected chi connectivity index (χ4v) is 3.94. The third-order valence-electron chi connectivity index (χ3n) is 5.52. The maximum atomic E-state index is 12.8. The number of ether oxygens (including phenoxy) is 1. The van der Waals surface area contributed by atoms with Crippen LogP contribution < -0.4 is 9.80 Å². The minimum atomic E-state index is -4.35. The van der Waals surface area contributed by atoms with Crippen molar-refractivity contribution in [2.45, 2.75) is 31.2 Å². The number of hydrogen-bond acceptors (Lipinski definition) is 6. The molecule has 0 saturated carbocycles. The van der Waals surface area contributed by atoms with Gasteiger partial charge < -0.3 is 19.6 Å². The van der Waals surface area contributed by atoms with Crippen molar-refractivity contribution in [2.24, 2.45) is 0 Å². The van der Waals surface area contributed by atoms with Crippen LogP contribution in [0.3, 0.4) is 0 Å². The summed E-state index contributed by atoms with van der Waals surface area (Å²) in [6.45, 7) is 2.52. The van der Waals surface area contributed by atoms with Crippen molar-refractivity contribution in [1.29, 1.82) is 0 Å². The van der Waals surface area contributed by atoms with Gasteiger partial charge in [-0.1, -0.05) is 12.1 Å². The highest BCUT2D eigenvalue weighted by molar-refractivity contribution is 5.52. The van der Waals surface area contributed by atoms with Crippen LogP contribution in [-0.4, -0.2) is 54.0 Å². The Bertz CT molecular complexity index is 831. The van der Waals surface area contributed by atoms with Gasteiger partial charge in [-0.15, -0.1) is 0 Å². The monoisotopic (exact) mass is 408 g/mol. The van der Waals surface area contributed by atoms with E-state index in [1.165, 1.54) is 18.5 Å². The van der Waals surface area contributed by atoms with Crippen LogP contribution in [0.25, 0.3) is 0 Å². The Hall–Kier alpha value is -2.39. The summed E-state index contributed by atoms with van der Waals surface area (Å²) in [6, 6.07) is 7.09. The molecule has 2 aliphatic rings. The molecule has 0 aliphatic carbocycles. The molecule has 156 valence electrons. The first kappa shape index (κ1) is 19.9. The predicted octanol–water partition coefficient (Wildman–Crippen LogP) is 3.03. The molecule has 2 atom stereocenters. The summed E-state index contributed by atoms with van der Waals surface area (Å²) in [6.07, 6.45) is -1.22. The molecule has 9 heteroatoms. The number of rotatable bonds is 4. The van der Waals surface area contributed by atoms with Crippen molar-refractivity contribution < 1.29 is 23.0 Å². The highest BCUT2D eigenvalue weighted by atomic mass is 19.4. The van der Waals surface area contributed by atoms with Gasteiger partial charge in [-0.2, -0.15) is 13.2 Å². The molecule has 2 saturated heterocycles. The van der Waals surface area contributed by atoms with Crippen LogP contribution in [0.1, 0.15) is 30.1 Å². The maximum absolute atomic E-state index is 12.8. The van der Waals surface area contributed by atoms with Crippen LogP contribution in [0.4, 0.5) is 24.8 Å². The first-order valence-corrected chi connectivity index (χ1v) is 9.69. The van der Waals surface area contributed by atoms with Gasteiger partial charge in [0.2, 0.25) is 0 Å². The number of halogens is 3. The van der Waals surface area contributed by atoms with Crippen LogP contribution in [0.2, 0.25) is 0 Å². The van der Waals surface area contributed by atoms with Crippen LogP contribution in [0.5, 0.6) is 0 Å². The largest absolute Gasteiger partial charge is 0.416 e. The topological polar surface area (TPSA) is 61.7 Å². The number of morpholine rings is 1. The average Bonchev–Trinajstić information content (AvgIpc) is 3.22. The maximum Gasteiger partial charge on any atom is 0.416 e. The molecule has 2 unspecified atom stereocenters. The SMILES string of the molecule is OCC1CCCN1c1cc(N2CCOC(c3ccc(C(F)(F)F)cc3)C2)ncn1. The molecular weight excluding hydrogens is 385 g/mol. The standard InChI is InChI=1S/C20H23F3N4O2/c21-20(22,23)15-5-3-14(4-6-15)17-11-26(8-9-29-17)18-10-19(25-13-24-18)27-7-1-2-16(27)12-28/h3-6,10,13,16-17,28H,1-2,7-9,11-12H2. The second kappa shape index (κ2) is 8.16. The Morgan fingerprint density at radius 3 is 2.59 bits per heavy atom. The number of alkyl halides is 3. The van der Waals surface area contributed by atoms with E-state index < -0.39 is 11.7 Å². The molecule has 6 nitrogen and oxygen atoms in total.